The molecule has 0 bridgehead atoms. The van der Waals surface area contributed by atoms with Gasteiger partial charge in [0.05, 0.1) is 0 Å². The van der Waals surface area contributed by atoms with E-state index in [0.29, 0.717) is 11.7 Å². The van der Waals surface area contributed by atoms with Crippen molar-refractivity contribution in [1.82, 2.24) is 0 Å². The Morgan fingerprint density at radius 1 is 0.875 bits per heavy atom. The quantitative estimate of drug-likeness (QED) is 0.648. The van der Waals surface area contributed by atoms with E-state index >= 15 is 0 Å². The van der Waals surface area contributed by atoms with Gasteiger partial charge in [0.2, 0.25) is 0 Å². The molecule has 0 aromatic heterocycles. The fraction of sp³-hybridized carbons (Fsp3) is 0.478. The maximum atomic E-state index is 10.5. The SMILES string of the molecule is CC(C)c1ccccc1-c1cc(C(C)(C)CC(C)(C)C)ccc1O. The molecule has 0 atom stereocenters. The number of benzene rings is 2. The molecule has 24 heavy (non-hydrogen) atoms. The number of aromatic hydroxyl groups is 1. The number of phenols is 1. The monoisotopic (exact) mass is 324 g/mol. The molecule has 0 spiro atoms. The highest BCUT2D eigenvalue weighted by molar-refractivity contribution is 5.74. The third-order valence-corrected chi connectivity index (χ3v) is 4.62. The minimum atomic E-state index is 0.0630. The van der Waals surface area contributed by atoms with Crippen LogP contribution in [0.25, 0.3) is 11.1 Å². The first kappa shape index (κ1) is 18.6. The fourth-order valence-electron chi connectivity index (χ4n) is 3.85. The van der Waals surface area contributed by atoms with Gasteiger partial charge in [-0.05, 0) is 52.0 Å². The van der Waals surface area contributed by atoms with Crippen LogP contribution in [-0.4, -0.2) is 5.11 Å². The predicted octanol–water partition coefficient (Wildman–Crippen LogP) is 6.90. The van der Waals surface area contributed by atoms with E-state index in [1.165, 1.54) is 11.1 Å². The maximum absolute atomic E-state index is 10.5. The van der Waals surface area contributed by atoms with Crippen LogP contribution in [0, 0.1) is 5.41 Å². The van der Waals surface area contributed by atoms with Crippen molar-refractivity contribution in [2.75, 3.05) is 0 Å². The largest absolute Gasteiger partial charge is 0.507 e. The summed E-state index contributed by atoms with van der Waals surface area (Å²) in [6.45, 7) is 15.8. The van der Waals surface area contributed by atoms with Crippen LogP contribution in [0.4, 0.5) is 0 Å². The number of hydrogen-bond acceptors (Lipinski definition) is 1. The highest BCUT2D eigenvalue weighted by Gasteiger charge is 2.28. The van der Waals surface area contributed by atoms with Crippen LogP contribution in [-0.2, 0) is 5.41 Å². The number of rotatable bonds is 4. The smallest absolute Gasteiger partial charge is 0.123 e. The van der Waals surface area contributed by atoms with E-state index in [0.717, 1.165) is 17.5 Å². The lowest BCUT2D eigenvalue weighted by Crippen LogP contribution is -2.24. The lowest BCUT2D eigenvalue weighted by molar-refractivity contribution is 0.284. The van der Waals surface area contributed by atoms with Crippen molar-refractivity contribution in [3.05, 3.63) is 53.6 Å². The lowest BCUT2D eigenvalue weighted by atomic mass is 9.72. The van der Waals surface area contributed by atoms with E-state index in [2.05, 4.69) is 78.8 Å². The van der Waals surface area contributed by atoms with Crippen molar-refractivity contribution in [1.29, 1.82) is 0 Å². The lowest BCUT2D eigenvalue weighted by Gasteiger charge is -2.33. The summed E-state index contributed by atoms with van der Waals surface area (Å²) in [5.41, 5.74) is 4.96. The van der Waals surface area contributed by atoms with Crippen molar-refractivity contribution in [2.45, 2.75) is 66.2 Å². The molecule has 1 nitrogen and oxygen atoms in total. The average molecular weight is 325 g/mol. The minimum absolute atomic E-state index is 0.0630. The van der Waals surface area contributed by atoms with Gasteiger partial charge < -0.3 is 5.11 Å². The summed E-state index contributed by atoms with van der Waals surface area (Å²) < 4.78 is 0. The summed E-state index contributed by atoms with van der Waals surface area (Å²) in [5, 5.41) is 10.5. The molecule has 2 aromatic rings. The van der Waals surface area contributed by atoms with E-state index in [1.54, 1.807) is 0 Å². The molecular weight excluding hydrogens is 292 g/mol. The predicted molar refractivity (Wildman–Crippen MR) is 105 cm³/mol. The second-order valence-corrected chi connectivity index (χ2v) is 9.10. The van der Waals surface area contributed by atoms with Crippen LogP contribution in [0.1, 0.15) is 71.9 Å². The van der Waals surface area contributed by atoms with Crippen molar-refractivity contribution in [3.8, 4) is 16.9 Å². The molecule has 2 rings (SSSR count). The molecule has 0 heterocycles. The van der Waals surface area contributed by atoms with Crippen molar-refractivity contribution in [2.24, 2.45) is 5.41 Å². The van der Waals surface area contributed by atoms with Crippen LogP contribution in [0.3, 0.4) is 0 Å². The Labute approximate surface area is 147 Å². The highest BCUT2D eigenvalue weighted by Crippen LogP contribution is 2.41. The normalized spacial score (nSPS) is 12.7. The summed E-state index contributed by atoms with van der Waals surface area (Å²) in [4.78, 5) is 0. The molecule has 1 N–H and O–H groups in total. The first-order valence-corrected chi connectivity index (χ1v) is 8.94. The first-order chi connectivity index (χ1) is 11.0. The van der Waals surface area contributed by atoms with Crippen LogP contribution < -0.4 is 0 Å². The number of phenolic OH excluding ortho intramolecular Hbond substituents is 1. The third kappa shape index (κ3) is 4.20. The summed E-state index contributed by atoms with van der Waals surface area (Å²) >= 11 is 0. The molecule has 130 valence electrons. The van der Waals surface area contributed by atoms with E-state index < -0.39 is 0 Å². The second-order valence-electron chi connectivity index (χ2n) is 9.10. The summed E-state index contributed by atoms with van der Waals surface area (Å²) in [6.07, 6.45) is 1.09. The number of hydrogen-bond donors (Lipinski definition) is 1. The van der Waals surface area contributed by atoms with E-state index in [4.69, 9.17) is 0 Å². The van der Waals surface area contributed by atoms with Gasteiger partial charge in [-0.3, -0.25) is 0 Å². The van der Waals surface area contributed by atoms with Gasteiger partial charge in [0, 0.05) is 5.56 Å². The summed E-state index contributed by atoms with van der Waals surface area (Å²) in [6, 6.07) is 14.5. The molecule has 1 heteroatoms. The molecular formula is C23H32O. The van der Waals surface area contributed by atoms with Crippen molar-refractivity contribution >= 4 is 0 Å². The Hall–Kier alpha value is -1.76. The third-order valence-electron chi connectivity index (χ3n) is 4.62. The van der Waals surface area contributed by atoms with Crippen LogP contribution in [0.15, 0.2) is 42.5 Å². The fourth-order valence-corrected chi connectivity index (χ4v) is 3.85. The summed E-state index contributed by atoms with van der Waals surface area (Å²) in [5.74, 6) is 0.783. The summed E-state index contributed by atoms with van der Waals surface area (Å²) in [7, 11) is 0. The van der Waals surface area contributed by atoms with Gasteiger partial charge in [0.15, 0.2) is 0 Å². The van der Waals surface area contributed by atoms with Crippen LogP contribution in [0.5, 0.6) is 5.75 Å². The molecule has 0 aliphatic rings. The molecule has 0 radical (unpaired) electrons. The highest BCUT2D eigenvalue weighted by atomic mass is 16.3. The topological polar surface area (TPSA) is 20.2 Å². The molecule has 0 saturated carbocycles. The van der Waals surface area contributed by atoms with Gasteiger partial charge in [-0.15, -0.1) is 0 Å². The van der Waals surface area contributed by atoms with Crippen LogP contribution in [0.2, 0.25) is 0 Å². The Bertz CT molecular complexity index is 702. The zero-order chi connectivity index (χ0) is 18.1. The van der Waals surface area contributed by atoms with E-state index in [-0.39, 0.29) is 10.8 Å². The Morgan fingerprint density at radius 3 is 2.08 bits per heavy atom. The molecule has 0 aliphatic heterocycles. The van der Waals surface area contributed by atoms with E-state index in [1.807, 2.05) is 12.1 Å². The molecule has 0 unspecified atom stereocenters. The molecule has 0 saturated heterocycles. The molecule has 0 amide bonds. The van der Waals surface area contributed by atoms with Crippen LogP contribution >= 0.6 is 0 Å². The zero-order valence-corrected chi connectivity index (χ0v) is 16.3. The standard InChI is InChI=1S/C23H32O/c1-16(2)18-10-8-9-11-19(18)20-14-17(12-13-21(20)24)23(6,7)15-22(3,4)5/h8-14,16,24H,15H2,1-7H3. The van der Waals surface area contributed by atoms with Gasteiger partial charge in [-0.1, -0.05) is 78.8 Å². The Kier molecular flexibility index (Phi) is 5.13. The van der Waals surface area contributed by atoms with Gasteiger partial charge in [0.1, 0.15) is 5.75 Å². The Balaban J connectivity index is 2.55. The maximum Gasteiger partial charge on any atom is 0.123 e. The van der Waals surface area contributed by atoms with Gasteiger partial charge in [-0.25, -0.2) is 0 Å². The molecule has 0 aliphatic carbocycles. The van der Waals surface area contributed by atoms with Crippen molar-refractivity contribution < 1.29 is 5.11 Å². The zero-order valence-electron chi connectivity index (χ0n) is 16.3. The van der Waals surface area contributed by atoms with Crippen molar-refractivity contribution in [3.63, 3.8) is 0 Å². The average Bonchev–Trinajstić information content (AvgIpc) is 2.45. The molecule has 2 aromatic carbocycles. The van der Waals surface area contributed by atoms with Gasteiger partial charge in [-0.2, -0.15) is 0 Å². The van der Waals surface area contributed by atoms with E-state index in [9.17, 15) is 5.11 Å². The Morgan fingerprint density at radius 2 is 1.50 bits per heavy atom. The minimum Gasteiger partial charge on any atom is -0.507 e. The second kappa shape index (κ2) is 6.63. The van der Waals surface area contributed by atoms with Gasteiger partial charge in [0.25, 0.3) is 0 Å². The first-order valence-electron chi connectivity index (χ1n) is 8.94. The van der Waals surface area contributed by atoms with Gasteiger partial charge >= 0.3 is 0 Å². The molecule has 0 fully saturated rings.